The van der Waals surface area contributed by atoms with E-state index in [1.54, 1.807) is 24.7 Å². The van der Waals surface area contributed by atoms with E-state index in [-0.39, 0.29) is 12.1 Å². The van der Waals surface area contributed by atoms with E-state index in [0.717, 1.165) is 11.1 Å². The fourth-order valence-electron chi connectivity index (χ4n) is 2.47. The predicted molar refractivity (Wildman–Crippen MR) is 93.2 cm³/mol. The van der Waals surface area contributed by atoms with Crippen LogP contribution in [0.15, 0.2) is 32.5 Å². The molecule has 0 radical (unpaired) electrons. The third-order valence-corrected chi connectivity index (χ3v) is 5.00. The molecule has 0 N–H and O–H groups in total. The highest BCUT2D eigenvalue weighted by Gasteiger charge is 2.17. The number of rotatable bonds is 2. The summed E-state index contributed by atoms with van der Waals surface area (Å²) in [6.07, 6.45) is 0. The van der Waals surface area contributed by atoms with Crippen LogP contribution in [0.4, 0.5) is 0 Å². The molecule has 23 heavy (non-hydrogen) atoms. The van der Waals surface area contributed by atoms with Crippen LogP contribution in [0.5, 0.6) is 0 Å². The lowest BCUT2D eigenvalue weighted by Gasteiger charge is -2.09. The van der Waals surface area contributed by atoms with Gasteiger partial charge in [-0.05, 0) is 40.0 Å². The molecule has 3 aromatic rings. The van der Waals surface area contributed by atoms with E-state index in [9.17, 15) is 9.59 Å². The van der Waals surface area contributed by atoms with Crippen LogP contribution < -0.4 is 11.2 Å². The van der Waals surface area contributed by atoms with Crippen molar-refractivity contribution in [2.24, 2.45) is 14.1 Å². The first kappa shape index (κ1) is 16.0. The van der Waals surface area contributed by atoms with Crippen molar-refractivity contribution in [3.05, 3.63) is 59.9 Å². The van der Waals surface area contributed by atoms with Gasteiger partial charge in [0, 0.05) is 19.1 Å². The number of benzene rings is 1. The summed E-state index contributed by atoms with van der Waals surface area (Å²) in [5.74, 6) is 0. The molecule has 3 rings (SSSR count). The lowest BCUT2D eigenvalue weighted by molar-refractivity contribution is 0.655. The molecule has 0 spiro atoms. The summed E-state index contributed by atoms with van der Waals surface area (Å²) in [7, 11) is 3.32. The molecule has 0 saturated heterocycles. The second kappa shape index (κ2) is 5.65. The van der Waals surface area contributed by atoms with Crippen molar-refractivity contribution in [1.29, 1.82) is 0 Å². The third kappa shape index (κ3) is 2.53. The smallest absolute Gasteiger partial charge is 0.316 e. The Labute approximate surface area is 145 Å². The first-order chi connectivity index (χ1) is 10.8. The maximum absolute atomic E-state index is 12.7. The van der Waals surface area contributed by atoms with Crippen LogP contribution in [0.1, 0.15) is 11.1 Å². The molecule has 2 aromatic heterocycles. The minimum Gasteiger partial charge on any atom is -0.316 e. The Morgan fingerprint density at radius 1 is 1.22 bits per heavy atom. The number of hydrogen-bond donors (Lipinski definition) is 0. The molecule has 0 fully saturated rings. The minimum absolute atomic E-state index is 0.157. The van der Waals surface area contributed by atoms with Crippen molar-refractivity contribution in [3.8, 4) is 0 Å². The Morgan fingerprint density at radius 2 is 1.91 bits per heavy atom. The largest absolute Gasteiger partial charge is 0.332 e. The number of hydrogen-bond acceptors (Lipinski definition) is 3. The minimum atomic E-state index is -0.412. The standard InChI is InChI=1S/C15H14BrClN4O2/c1-8-4-5-9(6-10(8)17)7-21-13(22)11-12(20(3)15(21)23)18-14(16)19(11)2/h4-6H,7H2,1-3H3. The van der Waals surface area contributed by atoms with Gasteiger partial charge in [-0.1, -0.05) is 23.7 Å². The average Bonchev–Trinajstić information content (AvgIpc) is 2.81. The third-order valence-electron chi connectivity index (χ3n) is 3.88. The average molecular weight is 398 g/mol. The fraction of sp³-hybridized carbons (Fsp3) is 0.267. The molecule has 0 saturated carbocycles. The molecule has 0 bridgehead atoms. The molecule has 2 heterocycles. The second-order valence-corrected chi connectivity index (χ2v) is 6.54. The van der Waals surface area contributed by atoms with E-state index >= 15 is 0 Å². The lowest BCUT2D eigenvalue weighted by atomic mass is 10.1. The van der Waals surface area contributed by atoms with Gasteiger partial charge in [0.05, 0.1) is 6.54 Å². The van der Waals surface area contributed by atoms with E-state index in [2.05, 4.69) is 20.9 Å². The van der Waals surface area contributed by atoms with Gasteiger partial charge in [-0.15, -0.1) is 0 Å². The summed E-state index contributed by atoms with van der Waals surface area (Å²) in [5, 5.41) is 0.608. The van der Waals surface area contributed by atoms with Crippen LogP contribution in [0.2, 0.25) is 5.02 Å². The molecule has 0 amide bonds. The van der Waals surface area contributed by atoms with E-state index in [1.807, 2.05) is 19.1 Å². The molecular formula is C15H14BrClN4O2. The SMILES string of the molecule is Cc1ccc(Cn2c(=O)c3c(nc(Br)n3C)n(C)c2=O)cc1Cl. The summed E-state index contributed by atoms with van der Waals surface area (Å²) in [4.78, 5) is 29.5. The van der Waals surface area contributed by atoms with Crippen LogP contribution in [-0.2, 0) is 20.6 Å². The van der Waals surface area contributed by atoms with E-state index in [1.165, 1.54) is 9.13 Å². The Kier molecular flexibility index (Phi) is 3.93. The predicted octanol–water partition coefficient (Wildman–Crippen LogP) is 2.21. The van der Waals surface area contributed by atoms with Crippen LogP contribution in [-0.4, -0.2) is 18.7 Å². The van der Waals surface area contributed by atoms with Crippen LogP contribution in [0.3, 0.4) is 0 Å². The van der Waals surface area contributed by atoms with Crippen molar-refractivity contribution in [2.75, 3.05) is 0 Å². The van der Waals surface area contributed by atoms with Crippen molar-refractivity contribution < 1.29 is 0 Å². The van der Waals surface area contributed by atoms with Gasteiger partial charge in [-0.3, -0.25) is 13.9 Å². The van der Waals surface area contributed by atoms with Gasteiger partial charge in [0.1, 0.15) is 0 Å². The zero-order valence-electron chi connectivity index (χ0n) is 12.8. The molecule has 0 atom stereocenters. The monoisotopic (exact) mass is 396 g/mol. The number of imidazole rings is 1. The number of halogens is 2. The van der Waals surface area contributed by atoms with Crippen LogP contribution in [0, 0.1) is 6.92 Å². The topological polar surface area (TPSA) is 61.8 Å². The molecular weight excluding hydrogens is 384 g/mol. The normalized spacial score (nSPS) is 11.3. The molecule has 0 aliphatic heterocycles. The summed E-state index contributed by atoms with van der Waals surface area (Å²) in [6.45, 7) is 2.06. The zero-order valence-corrected chi connectivity index (χ0v) is 15.1. The van der Waals surface area contributed by atoms with Crippen molar-refractivity contribution >= 4 is 38.7 Å². The number of fused-ring (bicyclic) bond motifs is 1. The van der Waals surface area contributed by atoms with Crippen molar-refractivity contribution in [3.63, 3.8) is 0 Å². The lowest BCUT2D eigenvalue weighted by Crippen LogP contribution is -2.39. The molecule has 6 nitrogen and oxygen atoms in total. The Morgan fingerprint density at radius 3 is 2.57 bits per heavy atom. The maximum Gasteiger partial charge on any atom is 0.332 e. The summed E-state index contributed by atoms with van der Waals surface area (Å²) < 4.78 is 4.68. The highest BCUT2D eigenvalue weighted by atomic mass is 79.9. The molecule has 0 aliphatic carbocycles. The molecule has 0 aliphatic rings. The van der Waals surface area contributed by atoms with Gasteiger partial charge in [0.2, 0.25) is 0 Å². The van der Waals surface area contributed by atoms with Gasteiger partial charge < -0.3 is 4.57 Å². The Hall–Kier alpha value is -1.86. The van der Waals surface area contributed by atoms with Gasteiger partial charge in [0.15, 0.2) is 15.9 Å². The fourth-order valence-corrected chi connectivity index (χ4v) is 3.02. The quantitative estimate of drug-likeness (QED) is 0.623. The molecule has 1 aromatic carbocycles. The van der Waals surface area contributed by atoms with Crippen LogP contribution >= 0.6 is 27.5 Å². The summed E-state index contributed by atoms with van der Waals surface area (Å²) in [5.41, 5.74) is 1.68. The number of nitrogens with zero attached hydrogens (tertiary/aromatic N) is 4. The van der Waals surface area contributed by atoms with E-state index in [0.29, 0.717) is 20.9 Å². The van der Waals surface area contributed by atoms with Crippen molar-refractivity contribution in [2.45, 2.75) is 13.5 Å². The molecule has 120 valence electrons. The number of aryl methyl sites for hydroxylation is 3. The summed E-state index contributed by atoms with van der Waals surface area (Å²) in [6, 6.07) is 5.49. The van der Waals surface area contributed by atoms with E-state index in [4.69, 9.17) is 11.6 Å². The Balaban J connectivity index is 2.25. The maximum atomic E-state index is 12.7. The van der Waals surface area contributed by atoms with Gasteiger partial charge in [-0.2, -0.15) is 0 Å². The second-order valence-electron chi connectivity index (χ2n) is 5.43. The Bertz CT molecular complexity index is 1050. The highest BCUT2D eigenvalue weighted by molar-refractivity contribution is 9.10. The van der Waals surface area contributed by atoms with Crippen LogP contribution in [0.25, 0.3) is 11.2 Å². The van der Waals surface area contributed by atoms with Gasteiger partial charge in [0.25, 0.3) is 5.56 Å². The highest BCUT2D eigenvalue weighted by Crippen LogP contribution is 2.17. The van der Waals surface area contributed by atoms with E-state index < -0.39 is 5.69 Å². The zero-order chi connectivity index (χ0) is 16.9. The molecule has 0 unspecified atom stereocenters. The van der Waals surface area contributed by atoms with Gasteiger partial charge in [-0.25, -0.2) is 9.78 Å². The van der Waals surface area contributed by atoms with Gasteiger partial charge >= 0.3 is 5.69 Å². The molecule has 8 heteroatoms. The first-order valence-electron chi connectivity index (χ1n) is 6.88. The number of aromatic nitrogens is 4. The summed E-state index contributed by atoms with van der Waals surface area (Å²) >= 11 is 9.40. The van der Waals surface area contributed by atoms with Crippen molar-refractivity contribution in [1.82, 2.24) is 18.7 Å². The first-order valence-corrected chi connectivity index (χ1v) is 8.05.